The van der Waals surface area contributed by atoms with Crippen LogP contribution in [-0.2, 0) is 19.6 Å². The van der Waals surface area contributed by atoms with E-state index < -0.39 is 16.1 Å². The molecule has 4 rings (SSSR count). The van der Waals surface area contributed by atoms with Crippen molar-refractivity contribution in [1.29, 1.82) is 0 Å². The van der Waals surface area contributed by atoms with Crippen LogP contribution in [0.3, 0.4) is 0 Å². The standard InChI is InChI=1S/C25H33N3O5S/c1-19-5-4-6-24(20(19)2)26-11-13-28(14-12-26)34(30,31)23-9-7-22(8-10-23)33-21(3)25(29)27-15-17-32-18-16-27/h4-10,21H,11-18H2,1-3H3/t21-/m1/s1. The van der Waals surface area contributed by atoms with E-state index in [1.165, 1.54) is 21.1 Å². The maximum absolute atomic E-state index is 13.2. The third kappa shape index (κ3) is 5.21. The van der Waals surface area contributed by atoms with Gasteiger partial charge in [0.1, 0.15) is 5.75 Å². The van der Waals surface area contributed by atoms with Crippen LogP contribution in [-0.4, -0.2) is 82.1 Å². The van der Waals surface area contributed by atoms with Gasteiger partial charge in [-0.3, -0.25) is 4.79 Å². The second-order valence-corrected chi connectivity index (χ2v) is 10.7. The number of carbonyl (C=O) groups is 1. The molecule has 8 nitrogen and oxygen atoms in total. The van der Waals surface area contributed by atoms with E-state index in [1.807, 2.05) is 6.07 Å². The van der Waals surface area contributed by atoms with E-state index in [2.05, 4.69) is 30.9 Å². The van der Waals surface area contributed by atoms with Crippen LogP contribution in [0.1, 0.15) is 18.1 Å². The number of aryl methyl sites for hydroxylation is 1. The molecule has 0 spiro atoms. The van der Waals surface area contributed by atoms with Gasteiger partial charge < -0.3 is 19.3 Å². The fourth-order valence-corrected chi connectivity index (χ4v) is 5.80. The first-order valence-corrected chi connectivity index (χ1v) is 13.2. The Kier molecular flexibility index (Phi) is 7.45. The number of sulfonamides is 1. The van der Waals surface area contributed by atoms with E-state index in [9.17, 15) is 13.2 Å². The molecular weight excluding hydrogens is 454 g/mol. The molecule has 0 N–H and O–H groups in total. The normalized spacial score (nSPS) is 18.6. The second-order valence-electron chi connectivity index (χ2n) is 8.78. The molecule has 2 heterocycles. The summed E-state index contributed by atoms with van der Waals surface area (Å²) in [4.78, 5) is 16.7. The number of morpholine rings is 1. The van der Waals surface area contributed by atoms with Gasteiger partial charge in [-0.1, -0.05) is 12.1 Å². The minimum atomic E-state index is -3.60. The fourth-order valence-electron chi connectivity index (χ4n) is 4.38. The molecule has 0 aliphatic carbocycles. The van der Waals surface area contributed by atoms with Gasteiger partial charge in [-0.25, -0.2) is 8.42 Å². The Bertz CT molecular complexity index is 1110. The maximum Gasteiger partial charge on any atom is 0.263 e. The van der Waals surface area contributed by atoms with Gasteiger partial charge >= 0.3 is 0 Å². The molecule has 0 unspecified atom stereocenters. The second kappa shape index (κ2) is 10.3. The number of benzene rings is 2. The summed E-state index contributed by atoms with van der Waals surface area (Å²) in [5.41, 5.74) is 3.63. The van der Waals surface area contributed by atoms with Gasteiger partial charge in [0.15, 0.2) is 6.10 Å². The van der Waals surface area contributed by atoms with Crippen LogP contribution in [0, 0.1) is 13.8 Å². The van der Waals surface area contributed by atoms with Gasteiger partial charge in [-0.2, -0.15) is 4.31 Å². The molecule has 0 bridgehead atoms. The number of rotatable bonds is 6. The summed E-state index contributed by atoms with van der Waals surface area (Å²) >= 11 is 0. The smallest absolute Gasteiger partial charge is 0.263 e. The Labute approximate surface area is 202 Å². The van der Waals surface area contributed by atoms with Gasteiger partial charge in [0.2, 0.25) is 10.0 Å². The Balaban J connectivity index is 1.36. The van der Waals surface area contributed by atoms with Gasteiger partial charge in [-0.15, -0.1) is 0 Å². The zero-order chi connectivity index (χ0) is 24.3. The molecule has 0 aromatic heterocycles. The van der Waals surface area contributed by atoms with E-state index >= 15 is 0 Å². The summed E-state index contributed by atoms with van der Waals surface area (Å²) in [6, 6.07) is 12.5. The average Bonchev–Trinajstić information content (AvgIpc) is 2.86. The molecule has 2 fully saturated rings. The highest BCUT2D eigenvalue weighted by atomic mass is 32.2. The number of carbonyl (C=O) groups excluding carboxylic acids is 1. The van der Waals surface area contributed by atoms with Crippen molar-refractivity contribution in [3.63, 3.8) is 0 Å². The zero-order valence-electron chi connectivity index (χ0n) is 20.1. The number of hydrogen-bond acceptors (Lipinski definition) is 6. The molecule has 34 heavy (non-hydrogen) atoms. The van der Waals surface area contributed by atoms with Crippen molar-refractivity contribution in [3.05, 3.63) is 53.6 Å². The van der Waals surface area contributed by atoms with Crippen LogP contribution < -0.4 is 9.64 Å². The van der Waals surface area contributed by atoms with Crippen LogP contribution in [0.25, 0.3) is 0 Å². The van der Waals surface area contributed by atoms with Crippen molar-refractivity contribution in [2.75, 3.05) is 57.4 Å². The molecule has 1 amide bonds. The predicted molar refractivity (Wildman–Crippen MR) is 131 cm³/mol. The number of hydrogen-bond donors (Lipinski definition) is 0. The molecule has 0 radical (unpaired) electrons. The predicted octanol–water partition coefficient (Wildman–Crippen LogP) is 2.44. The zero-order valence-corrected chi connectivity index (χ0v) is 20.9. The highest BCUT2D eigenvalue weighted by Gasteiger charge is 2.29. The molecule has 184 valence electrons. The molecule has 2 aliphatic rings. The first-order chi connectivity index (χ1) is 16.3. The van der Waals surface area contributed by atoms with Crippen molar-refractivity contribution < 1.29 is 22.7 Å². The quantitative estimate of drug-likeness (QED) is 0.623. The van der Waals surface area contributed by atoms with Crippen molar-refractivity contribution in [3.8, 4) is 5.75 Å². The lowest BCUT2D eigenvalue weighted by molar-refractivity contribution is -0.142. The van der Waals surface area contributed by atoms with E-state index in [-0.39, 0.29) is 10.8 Å². The molecule has 1 atom stereocenters. The van der Waals surface area contributed by atoms with Crippen LogP contribution in [0.15, 0.2) is 47.4 Å². The van der Waals surface area contributed by atoms with Crippen LogP contribution in [0.2, 0.25) is 0 Å². The van der Waals surface area contributed by atoms with Crippen LogP contribution in [0.5, 0.6) is 5.75 Å². The number of piperazine rings is 1. The SMILES string of the molecule is Cc1cccc(N2CCN(S(=O)(=O)c3ccc(O[C@H](C)C(=O)N4CCOCC4)cc3)CC2)c1C. The fraction of sp³-hybridized carbons (Fsp3) is 0.480. The Morgan fingerprint density at radius 1 is 0.941 bits per heavy atom. The Morgan fingerprint density at radius 3 is 2.24 bits per heavy atom. The number of anilines is 1. The lowest BCUT2D eigenvalue weighted by Gasteiger charge is -2.36. The molecule has 2 aromatic carbocycles. The molecule has 0 saturated carbocycles. The first kappa shape index (κ1) is 24.5. The molecule has 9 heteroatoms. The summed E-state index contributed by atoms with van der Waals surface area (Å²) in [7, 11) is -3.60. The minimum absolute atomic E-state index is 0.0956. The highest BCUT2D eigenvalue weighted by molar-refractivity contribution is 7.89. The van der Waals surface area contributed by atoms with E-state index in [0.717, 1.165) is 0 Å². The summed E-state index contributed by atoms with van der Waals surface area (Å²) in [6.07, 6.45) is -0.654. The van der Waals surface area contributed by atoms with E-state index in [4.69, 9.17) is 9.47 Å². The minimum Gasteiger partial charge on any atom is -0.481 e. The van der Waals surface area contributed by atoms with E-state index in [1.54, 1.807) is 36.1 Å². The largest absolute Gasteiger partial charge is 0.481 e. The summed E-state index contributed by atoms with van der Waals surface area (Å²) in [5, 5.41) is 0. The van der Waals surface area contributed by atoms with Crippen molar-refractivity contribution in [2.45, 2.75) is 31.8 Å². The maximum atomic E-state index is 13.2. The van der Waals surface area contributed by atoms with Gasteiger partial charge in [0.25, 0.3) is 5.91 Å². The summed E-state index contributed by atoms with van der Waals surface area (Å²) in [5.74, 6) is 0.370. The van der Waals surface area contributed by atoms with Gasteiger partial charge in [-0.05, 0) is 62.2 Å². The van der Waals surface area contributed by atoms with Crippen LogP contribution >= 0.6 is 0 Å². The lowest BCUT2D eigenvalue weighted by atomic mass is 10.1. The topological polar surface area (TPSA) is 79.4 Å². The summed E-state index contributed by atoms with van der Waals surface area (Å²) in [6.45, 7) is 10.2. The van der Waals surface area contributed by atoms with Crippen molar-refractivity contribution in [2.24, 2.45) is 0 Å². The molecular formula is C25H33N3O5S. The Hall–Kier alpha value is -2.62. The average molecular weight is 488 g/mol. The number of amides is 1. The van der Waals surface area contributed by atoms with Crippen molar-refractivity contribution in [1.82, 2.24) is 9.21 Å². The van der Waals surface area contributed by atoms with Gasteiger partial charge in [0.05, 0.1) is 18.1 Å². The lowest BCUT2D eigenvalue weighted by Crippen LogP contribution is -2.48. The first-order valence-electron chi connectivity index (χ1n) is 11.7. The summed E-state index contributed by atoms with van der Waals surface area (Å²) < 4.78 is 39.0. The van der Waals surface area contributed by atoms with Crippen molar-refractivity contribution >= 4 is 21.6 Å². The Morgan fingerprint density at radius 2 is 1.59 bits per heavy atom. The monoisotopic (exact) mass is 487 g/mol. The molecule has 2 saturated heterocycles. The number of nitrogens with zero attached hydrogens (tertiary/aromatic N) is 3. The third-order valence-corrected chi connectivity index (χ3v) is 8.51. The van der Waals surface area contributed by atoms with Crippen LogP contribution in [0.4, 0.5) is 5.69 Å². The van der Waals surface area contributed by atoms with Gasteiger partial charge in [0, 0.05) is 45.0 Å². The van der Waals surface area contributed by atoms with E-state index in [0.29, 0.717) is 58.2 Å². The molecule has 2 aromatic rings. The molecule has 2 aliphatic heterocycles. The number of ether oxygens (including phenoxy) is 2. The highest BCUT2D eigenvalue weighted by Crippen LogP contribution is 2.26. The third-order valence-electron chi connectivity index (χ3n) is 6.60.